The number of aryl methyl sites for hydroxylation is 1. The van der Waals surface area contributed by atoms with E-state index in [4.69, 9.17) is 0 Å². The molecule has 0 aliphatic carbocycles. The molecule has 1 unspecified atom stereocenters. The zero-order valence-corrected chi connectivity index (χ0v) is 16.8. The van der Waals surface area contributed by atoms with Gasteiger partial charge in [0.15, 0.2) is 6.04 Å². The second-order valence-electron chi connectivity index (χ2n) is 5.30. The van der Waals surface area contributed by atoms with Crippen LogP contribution in [-0.4, -0.2) is 25.5 Å². The first-order valence-corrected chi connectivity index (χ1v) is 8.89. The van der Waals surface area contributed by atoms with E-state index in [-0.39, 0.29) is 11.5 Å². The van der Waals surface area contributed by atoms with Crippen molar-refractivity contribution in [2.45, 2.75) is 26.3 Å². The Bertz CT molecular complexity index is 875. The number of non-ortho nitro benzene ring substituents is 1. The highest BCUT2D eigenvalue weighted by Crippen LogP contribution is 2.36. The number of anilines is 1. The average molecular weight is 491 g/mol. The average Bonchev–Trinajstić information content (AvgIpc) is 2.93. The van der Waals surface area contributed by atoms with Crippen LogP contribution in [0, 0.1) is 27.2 Å². The first-order chi connectivity index (χ1) is 12.1. The molecule has 0 spiro atoms. The van der Waals surface area contributed by atoms with Gasteiger partial charge in [-0.3, -0.25) is 14.9 Å². The van der Waals surface area contributed by atoms with Gasteiger partial charge in [0.2, 0.25) is 0 Å². The Morgan fingerprint density at radius 3 is 2.23 bits per heavy atom. The quantitative estimate of drug-likeness (QED) is 0.478. The number of hydrogen-bond acceptors (Lipinski definition) is 6. The summed E-state index contributed by atoms with van der Waals surface area (Å²) < 4.78 is 1.94. The van der Waals surface area contributed by atoms with E-state index >= 15 is 0 Å². The van der Waals surface area contributed by atoms with Gasteiger partial charge < -0.3 is 15.4 Å². The third-order valence-corrected chi connectivity index (χ3v) is 4.82. The van der Waals surface area contributed by atoms with Crippen molar-refractivity contribution < 1.29 is 14.6 Å². The smallest absolute Gasteiger partial charge is 0.358 e. The number of nitro groups is 2. The molecular weight excluding hydrogens is 478 g/mol. The third kappa shape index (κ3) is 4.07. The van der Waals surface area contributed by atoms with Gasteiger partial charge in [0.1, 0.15) is 0 Å². The molecule has 0 saturated carbocycles. The normalized spacial score (nSPS) is 11.8. The van der Waals surface area contributed by atoms with Crippen molar-refractivity contribution in [3.63, 3.8) is 0 Å². The van der Waals surface area contributed by atoms with Gasteiger partial charge in [-0.25, -0.2) is 0 Å². The van der Waals surface area contributed by atoms with Crippen molar-refractivity contribution >= 4 is 55.0 Å². The van der Waals surface area contributed by atoms with Crippen LogP contribution in [0.1, 0.15) is 25.1 Å². The fourth-order valence-electron chi connectivity index (χ4n) is 2.34. The molecular formula is C14H13Br2N5O5. The number of nitro benzene ring substituents is 1. The number of rotatable bonds is 6. The van der Waals surface area contributed by atoms with Crippen LogP contribution < -0.4 is 5.32 Å². The lowest BCUT2D eigenvalue weighted by Crippen LogP contribution is -2.27. The number of amides is 1. The van der Waals surface area contributed by atoms with Crippen LogP contribution in [0.4, 0.5) is 17.2 Å². The van der Waals surface area contributed by atoms with Crippen molar-refractivity contribution in [3.8, 4) is 0 Å². The van der Waals surface area contributed by atoms with Crippen molar-refractivity contribution in [2.24, 2.45) is 0 Å². The van der Waals surface area contributed by atoms with E-state index < -0.39 is 21.8 Å². The highest BCUT2D eigenvalue weighted by atomic mass is 79.9. The minimum absolute atomic E-state index is 0.146. The highest BCUT2D eigenvalue weighted by Gasteiger charge is 2.28. The Balaban J connectivity index is 2.33. The molecule has 12 heteroatoms. The molecule has 2 aromatic rings. The van der Waals surface area contributed by atoms with Gasteiger partial charge in [0.25, 0.3) is 11.6 Å². The number of carbonyl (C=O) groups excluding carboxylic acids is 1. The van der Waals surface area contributed by atoms with Crippen molar-refractivity contribution in [1.82, 2.24) is 9.78 Å². The zero-order valence-electron chi connectivity index (χ0n) is 13.6. The molecule has 1 amide bonds. The lowest BCUT2D eigenvalue weighted by molar-refractivity contribution is -0.389. The largest absolute Gasteiger partial charge is 0.390 e. The van der Waals surface area contributed by atoms with E-state index in [1.54, 1.807) is 13.8 Å². The Labute approximate surface area is 164 Å². The summed E-state index contributed by atoms with van der Waals surface area (Å²) in [4.78, 5) is 33.3. The molecule has 1 heterocycles. The second-order valence-corrected chi connectivity index (χ2v) is 7.01. The number of nitrogens with one attached hydrogen (secondary N) is 1. The van der Waals surface area contributed by atoms with E-state index in [9.17, 15) is 25.0 Å². The van der Waals surface area contributed by atoms with Gasteiger partial charge in [0.05, 0.1) is 27.5 Å². The SMILES string of the molecule is CCC(C(=O)Nc1c(Br)cc([N+](=O)[O-])cc1Br)n1nc([N+](=O)[O-])cc1C. The summed E-state index contributed by atoms with van der Waals surface area (Å²) in [5.41, 5.74) is 0.645. The summed E-state index contributed by atoms with van der Waals surface area (Å²) >= 11 is 6.40. The van der Waals surface area contributed by atoms with Crippen LogP contribution in [0.2, 0.25) is 0 Å². The molecule has 1 aromatic carbocycles. The first-order valence-electron chi connectivity index (χ1n) is 7.30. The van der Waals surface area contributed by atoms with Crippen LogP contribution in [0.15, 0.2) is 27.1 Å². The van der Waals surface area contributed by atoms with Crippen LogP contribution in [0.3, 0.4) is 0 Å². The maximum Gasteiger partial charge on any atom is 0.390 e. The predicted molar refractivity (Wildman–Crippen MR) is 100 cm³/mol. The summed E-state index contributed by atoms with van der Waals surface area (Å²) in [6, 6.07) is 3.04. The van der Waals surface area contributed by atoms with Crippen LogP contribution >= 0.6 is 31.9 Å². The maximum absolute atomic E-state index is 12.7. The van der Waals surface area contributed by atoms with Gasteiger partial charge >= 0.3 is 5.82 Å². The molecule has 0 aliphatic rings. The first kappa shape index (κ1) is 20.0. The maximum atomic E-state index is 12.7. The van der Waals surface area contributed by atoms with E-state index in [0.717, 1.165) is 0 Å². The molecule has 0 saturated heterocycles. The topological polar surface area (TPSA) is 133 Å². The minimum Gasteiger partial charge on any atom is -0.358 e. The standard InChI is InChI=1S/C14H13Br2N5O5/c1-3-11(19-7(2)4-12(18-19)21(25)26)14(22)17-13-9(15)5-8(20(23)24)6-10(13)16/h4-6,11H,3H2,1-2H3,(H,17,22). The van der Waals surface area contributed by atoms with E-state index in [1.807, 2.05) is 0 Å². The van der Waals surface area contributed by atoms with Gasteiger partial charge in [-0.2, -0.15) is 4.68 Å². The number of benzene rings is 1. The second kappa shape index (κ2) is 7.91. The number of halogens is 2. The van der Waals surface area contributed by atoms with Gasteiger partial charge in [-0.15, -0.1) is 0 Å². The summed E-state index contributed by atoms with van der Waals surface area (Å²) in [5, 5.41) is 28.3. The molecule has 0 radical (unpaired) electrons. The molecule has 0 bridgehead atoms. The summed E-state index contributed by atoms with van der Waals surface area (Å²) in [6.45, 7) is 3.37. The van der Waals surface area contributed by atoms with Gasteiger partial charge in [0, 0.05) is 21.1 Å². The Kier molecular flexibility index (Phi) is 6.08. The summed E-state index contributed by atoms with van der Waals surface area (Å²) in [7, 11) is 0. The van der Waals surface area contributed by atoms with Crippen LogP contribution in [0.5, 0.6) is 0 Å². The van der Waals surface area contributed by atoms with E-state index in [1.165, 1.54) is 22.9 Å². The fourth-order valence-corrected chi connectivity index (χ4v) is 3.70. The van der Waals surface area contributed by atoms with Crippen molar-refractivity contribution in [2.75, 3.05) is 5.32 Å². The van der Waals surface area contributed by atoms with Crippen LogP contribution in [0.25, 0.3) is 0 Å². The molecule has 0 aliphatic heterocycles. The molecule has 138 valence electrons. The molecule has 26 heavy (non-hydrogen) atoms. The van der Waals surface area contributed by atoms with Crippen molar-refractivity contribution in [3.05, 3.63) is 53.1 Å². The molecule has 1 atom stereocenters. The minimum atomic E-state index is -0.780. The zero-order chi connectivity index (χ0) is 19.6. The molecule has 1 N–H and O–H groups in total. The summed E-state index contributed by atoms with van der Waals surface area (Å²) in [5.74, 6) is -0.796. The van der Waals surface area contributed by atoms with Gasteiger partial charge in [-0.1, -0.05) is 6.92 Å². The number of nitrogens with zero attached hydrogens (tertiary/aromatic N) is 4. The third-order valence-electron chi connectivity index (χ3n) is 3.57. The number of carbonyl (C=O) groups is 1. The predicted octanol–water partition coefficient (Wildman–Crippen LogP) is 4.12. The highest BCUT2D eigenvalue weighted by molar-refractivity contribution is 9.11. The van der Waals surface area contributed by atoms with E-state index in [2.05, 4.69) is 42.3 Å². The molecule has 0 fully saturated rings. The Morgan fingerprint density at radius 2 is 1.81 bits per heavy atom. The number of hydrogen-bond donors (Lipinski definition) is 1. The number of aromatic nitrogens is 2. The Morgan fingerprint density at radius 1 is 1.23 bits per heavy atom. The van der Waals surface area contributed by atoms with Crippen LogP contribution in [-0.2, 0) is 4.79 Å². The molecule has 2 rings (SSSR count). The van der Waals surface area contributed by atoms with E-state index in [0.29, 0.717) is 26.7 Å². The lowest BCUT2D eigenvalue weighted by atomic mass is 10.2. The van der Waals surface area contributed by atoms with Crippen molar-refractivity contribution in [1.29, 1.82) is 0 Å². The monoisotopic (exact) mass is 489 g/mol. The summed E-state index contributed by atoms with van der Waals surface area (Å²) in [6.07, 6.45) is 0.341. The fraction of sp³-hybridized carbons (Fsp3) is 0.286. The molecule has 10 nitrogen and oxygen atoms in total. The molecule has 1 aromatic heterocycles. The lowest BCUT2D eigenvalue weighted by Gasteiger charge is -2.16. The Hall–Kier alpha value is -2.34. The van der Waals surface area contributed by atoms with Gasteiger partial charge in [-0.05, 0) is 50.1 Å².